The number of rotatable bonds is 4. The van der Waals surface area contributed by atoms with Crippen molar-refractivity contribution >= 4 is 45.9 Å². The van der Waals surface area contributed by atoms with Crippen LogP contribution in [0.3, 0.4) is 0 Å². The third-order valence-corrected chi connectivity index (χ3v) is 4.30. The van der Waals surface area contributed by atoms with E-state index < -0.39 is 17.1 Å². The van der Waals surface area contributed by atoms with Gasteiger partial charge < -0.3 is 10.4 Å². The monoisotopic (exact) mass is 346 g/mol. The summed E-state index contributed by atoms with van der Waals surface area (Å²) in [5, 5.41) is 18.8. The number of hydrogen-bond acceptors (Lipinski definition) is 6. The largest absolute Gasteiger partial charge is 0.481 e. The average molecular weight is 346 g/mol. The van der Waals surface area contributed by atoms with E-state index in [4.69, 9.17) is 5.11 Å². The Bertz CT molecular complexity index is 884. The zero-order valence-electron chi connectivity index (χ0n) is 12.1. The molecule has 1 aromatic carbocycles. The van der Waals surface area contributed by atoms with Crippen molar-refractivity contribution in [3.05, 3.63) is 41.8 Å². The van der Waals surface area contributed by atoms with Gasteiger partial charge in [0.15, 0.2) is 5.17 Å². The lowest BCUT2D eigenvalue weighted by molar-refractivity contribution is -0.138. The first-order valence-electron chi connectivity index (χ1n) is 6.88. The van der Waals surface area contributed by atoms with Gasteiger partial charge in [0.1, 0.15) is 11.1 Å². The van der Waals surface area contributed by atoms with E-state index in [9.17, 15) is 14.0 Å². The van der Waals surface area contributed by atoms with Crippen molar-refractivity contribution in [2.45, 2.75) is 11.7 Å². The maximum atomic E-state index is 13.7. The molecule has 1 atom stereocenters. The number of amidine groups is 1. The van der Waals surface area contributed by atoms with Gasteiger partial charge in [0, 0.05) is 17.1 Å². The van der Waals surface area contributed by atoms with Gasteiger partial charge in [0.25, 0.3) is 0 Å². The van der Waals surface area contributed by atoms with Crippen molar-refractivity contribution in [1.82, 2.24) is 10.3 Å². The smallest absolute Gasteiger partial charge is 0.305 e. The van der Waals surface area contributed by atoms with Crippen molar-refractivity contribution < 1.29 is 19.1 Å². The second kappa shape index (κ2) is 6.75. The molecule has 1 amide bonds. The molecule has 122 valence electrons. The molecule has 3 rings (SSSR count). The number of aromatic nitrogens is 1. The summed E-state index contributed by atoms with van der Waals surface area (Å²) in [7, 11) is 0. The number of carbonyl (C=O) groups is 2. The molecule has 0 spiro atoms. The molecule has 2 N–H and O–H groups in total. The Morgan fingerprint density at radius 1 is 1.46 bits per heavy atom. The molecule has 1 aliphatic rings. The summed E-state index contributed by atoms with van der Waals surface area (Å²) >= 11 is 1.01. The number of halogens is 1. The van der Waals surface area contributed by atoms with E-state index in [1.807, 2.05) is 0 Å². The van der Waals surface area contributed by atoms with Crippen LogP contribution in [0.1, 0.15) is 12.0 Å². The quantitative estimate of drug-likeness (QED) is 0.648. The fourth-order valence-electron chi connectivity index (χ4n) is 2.15. The predicted molar refractivity (Wildman–Crippen MR) is 88.5 cm³/mol. The van der Waals surface area contributed by atoms with Crippen LogP contribution in [0.15, 0.2) is 40.7 Å². The van der Waals surface area contributed by atoms with E-state index in [0.717, 1.165) is 11.8 Å². The first kappa shape index (κ1) is 16.1. The topological polar surface area (TPSA) is 104 Å². The standard InChI is InChI=1S/C15H11FN4O3S/c16-10-4-3-8(13-9(10)2-1-5-17-13)7-18-20-15-19-14(23)11(24-15)6-12(21)22/h1-5,7,11H,6H2,(H,21,22)(H,19,20,23). The first-order valence-corrected chi connectivity index (χ1v) is 7.76. The molecule has 1 unspecified atom stereocenters. The maximum Gasteiger partial charge on any atom is 0.305 e. The molecule has 1 aliphatic heterocycles. The van der Waals surface area contributed by atoms with Crippen LogP contribution in [-0.2, 0) is 9.59 Å². The molecule has 7 nitrogen and oxygen atoms in total. The van der Waals surface area contributed by atoms with Crippen molar-refractivity contribution in [1.29, 1.82) is 0 Å². The van der Waals surface area contributed by atoms with Gasteiger partial charge in [-0.3, -0.25) is 14.6 Å². The number of pyridine rings is 1. The minimum atomic E-state index is -1.06. The highest BCUT2D eigenvalue weighted by Crippen LogP contribution is 2.22. The van der Waals surface area contributed by atoms with Crippen LogP contribution in [0.4, 0.5) is 4.39 Å². The van der Waals surface area contributed by atoms with Crippen LogP contribution < -0.4 is 5.32 Å². The molecular formula is C15H11FN4O3S. The fraction of sp³-hybridized carbons (Fsp3) is 0.133. The van der Waals surface area contributed by atoms with E-state index >= 15 is 0 Å². The zero-order valence-corrected chi connectivity index (χ0v) is 13.0. The third-order valence-electron chi connectivity index (χ3n) is 3.23. The van der Waals surface area contributed by atoms with E-state index in [0.29, 0.717) is 16.5 Å². The number of nitrogens with one attached hydrogen (secondary N) is 1. The summed E-state index contributed by atoms with van der Waals surface area (Å²) in [4.78, 5) is 26.4. The minimum Gasteiger partial charge on any atom is -0.481 e. The van der Waals surface area contributed by atoms with Crippen LogP contribution >= 0.6 is 11.8 Å². The Hall–Kier alpha value is -2.81. The highest BCUT2D eigenvalue weighted by molar-refractivity contribution is 8.15. The minimum absolute atomic E-state index is 0.224. The number of hydrogen-bond donors (Lipinski definition) is 2. The molecule has 0 saturated carbocycles. The normalized spacial score (nSPS) is 19.3. The van der Waals surface area contributed by atoms with Gasteiger partial charge in [-0.1, -0.05) is 11.8 Å². The molecule has 9 heteroatoms. The van der Waals surface area contributed by atoms with Crippen molar-refractivity contribution in [3.8, 4) is 0 Å². The van der Waals surface area contributed by atoms with Crippen LogP contribution in [0, 0.1) is 5.82 Å². The molecule has 1 fully saturated rings. The summed E-state index contributed by atoms with van der Waals surface area (Å²) in [6.45, 7) is 0. The van der Waals surface area contributed by atoms with Crippen LogP contribution in [0.25, 0.3) is 10.9 Å². The molecule has 0 aliphatic carbocycles. The van der Waals surface area contributed by atoms with Gasteiger partial charge in [0.2, 0.25) is 5.91 Å². The average Bonchev–Trinajstić information content (AvgIpc) is 2.89. The van der Waals surface area contributed by atoms with Crippen molar-refractivity contribution in [2.75, 3.05) is 0 Å². The maximum absolute atomic E-state index is 13.7. The van der Waals surface area contributed by atoms with Crippen LogP contribution in [-0.4, -0.2) is 38.6 Å². The lowest BCUT2D eigenvalue weighted by Gasteiger charge is -2.01. The van der Waals surface area contributed by atoms with Gasteiger partial charge >= 0.3 is 5.97 Å². The molecule has 24 heavy (non-hydrogen) atoms. The third kappa shape index (κ3) is 3.40. The molecule has 0 radical (unpaired) electrons. The lowest BCUT2D eigenvalue weighted by atomic mass is 10.1. The first-order chi connectivity index (χ1) is 11.5. The number of carbonyl (C=O) groups excluding carboxylic acids is 1. The number of amides is 1. The molecule has 2 heterocycles. The van der Waals surface area contributed by atoms with Crippen LogP contribution in [0.2, 0.25) is 0 Å². The van der Waals surface area contributed by atoms with E-state index in [1.54, 1.807) is 18.3 Å². The van der Waals surface area contributed by atoms with Crippen molar-refractivity contribution in [3.63, 3.8) is 0 Å². The Labute approximate surface area is 139 Å². The summed E-state index contributed by atoms with van der Waals surface area (Å²) in [6, 6.07) is 6.10. The highest BCUT2D eigenvalue weighted by atomic mass is 32.2. The summed E-state index contributed by atoms with van der Waals surface area (Å²) < 4.78 is 13.7. The lowest BCUT2D eigenvalue weighted by Crippen LogP contribution is -2.26. The van der Waals surface area contributed by atoms with E-state index in [2.05, 4.69) is 20.5 Å². The van der Waals surface area contributed by atoms with Crippen LogP contribution in [0.5, 0.6) is 0 Å². The molecule has 0 bridgehead atoms. The Balaban J connectivity index is 1.79. The fourth-order valence-corrected chi connectivity index (χ4v) is 3.07. The number of nitrogens with zero attached hydrogens (tertiary/aromatic N) is 3. The number of thioether (sulfide) groups is 1. The van der Waals surface area contributed by atoms with E-state index in [1.165, 1.54) is 18.3 Å². The molecular weight excluding hydrogens is 335 g/mol. The number of carboxylic acids is 1. The Kier molecular flexibility index (Phi) is 4.52. The Morgan fingerprint density at radius 2 is 2.29 bits per heavy atom. The summed E-state index contributed by atoms with van der Waals surface area (Å²) in [5.74, 6) is -1.85. The van der Waals surface area contributed by atoms with Gasteiger partial charge in [0.05, 0.1) is 18.2 Å². The summed E-state index contributed by atoms with van der Waals surface area (Å²) in [6.07, 6.45) is 2.67. The molecule has 1 saturated heterocycles. The second-order valence-corrected chi connectivity index (χ2v) is 6.07. The van der Waals surface area contributed by atoms with Crippen molar-refractivity contribution in [2.24, 2.45) is 10.2 Å². The van der Waals surface area contributed by atoms with Gasteiger partial charge in [-0.05, 0) is 24.3 Å². The summed E-state index contributed by atoms with van der Waals surface area (Å²) in [5.41, 5.74) is 1.03. The van der Waals surface area contributed by atoms with E-state index in [-0.39, 0.29) is 17.4 Å². The second-order valence-electron chi connectivity index (χ2n) is 4.88. The highest BCUT2D eigenvalue weighted by Gasteiger charge is 2.32. The molecule has 2 aromatic rings. The zero-order chi connectivity index (χ0) is 17.1. The molecule has 1 aromatic heterocycles. The predicted octanol–water partition coefficient (Wildman–Crippen LogP) is 1.77. The number of carboxylic acid groups (broad SMARTS) is 1. The Morgan fingerprint density at radius 3 is 3.08 bits per heavy atom. The van der Waals surface area contributed by atoms with Gasteiger partial charge in [-0.15, -0.1) is 5.10 Å². The SMILES string of the molecule is O=C(O)CC1SC(=NN=Cc2ccc(F)c3cccnc23)NC1=O. The van der Waals surface area contributed by atoms with Gasteiger partial charge in [-0.2, -0.15) is 5.10 Å². The number of benzene rings is 1. The van der Waals surface area contributed by atoms with Gasteiger partial charge in [-0.25, -0.2) is 4.39 Å². The number of fused-ring (bicyclic) bond motifs is 1. The number of aliphatic carboxylic acids is 1.